The van der Waals surface area contributed by atoms with E-state index in [0.29, 0.717) is 5.16 Å². The first kappa shape index (κ1) is 19.5. The Morgan fingerprint density at radius 3 is 2.55 bits per heavy atom. The van der Waals surface area contributed by atoms with Crippen molar-refractivity contribution >= 4 is 23.4 Å². The van der Waals surface area contributed by atoms with Crippen LogP contribution in [-0.4, -0.2) is 26.0 Å². The van der Waals surface area contributed by atoms with Gasteiger partial charge in [0, 0.05) is 12.1 Å². The van der Waals surface area contributed by atoms with E-state index in [-0.39, 0.29) is 17.2 Å². The molecule has 1 amide bonds. The SMILES string of the molecule is CCc1nnc2n1N[C@H](c1ccc(C)cc1)[C@H](C(=O)Nc1cc(C)ccc1C)S2. The number of carbonyl (C=O) groups excluding carboxylic acids is 1. The first-order valence-corrected chi connectivity index (χ1v) is 10.7. The van der Waals surface area contributed by atoms with E-state index >= 15 is 0 Å². The van der Waals surface area contributed by atoms with E-state index in [1.165, 1.54) is 17.3 Å². The van der Waals surface area contributed by atoms with Gasteiger partial charge in [-0.05, 0) is 43.5 Å². The van der Waals surface area contributed by atoms with Gasteiger partial charge in [-0.15, -0.1) is 10.2 Å². The van der Waals surface area contributed by atoms with E-state index < -0.39 is 0 Å². The summed E-state index contributed by atoms with van der Waals surface area (Å²) in [4.78, 5) is 13.3. The fraction of sp³-hybridized carbons (Fsp3) is 0.318. The number of aryl methyl sites for hydroxylation is 4. The van der Waals surface area contributed by atoms with Gasteiger partial charge in [0.25, 0.3) is 0 Å². The fourth-order valence-electron chi connectivity index (χ4n) is 3.43. The number of thioether (sulfide) groups is 1. The van der Waals surface area contributed by atoms with Gasteiger partial charge < -0.3 is 10.7 Å². The van der Waals surface area contributed by atoms with Crippen molar-refractivity contribution in [2.45, 2.75) is 50.6 Å². The lowest BCUT2D eigenvalue weighted by Gasteiger charge is -2.33. The van der Waals surface area contributed by atoms with Crippen LogP contribution >= 0.6 is 11.8 Å². The van der Waals surface area contributed by atoms with Crippen molar-refractivity contribution in [3.8, 4) is 0 Å². The Hall–Kier alpha value is -2.80. The van der Waals surface area contributed by atoms with E-state index in [0.717, 1.165) is 34.6 Å². The molecule has 29 heavy (non-hydrogen) atoms. The standard InChI is InChI=1S/C22H25N5OS/c1-5-18-24-25-22-27(18)26-19(16-10-7-13(2)8-11-16)20(29-22)21(28)23-17-12-14(3)6-9-15(17)4/h6-12,19-20,26H,5H2,1-4H3,(H,23,28)/t19-,20-/m1/s1. The number of anilines is 1. The van der Waals surface area contributed by atoms with Crippen molar-refractivity contribution in [3.63, 3.8) is 0 Å². The van der Waals surface area contributed by atoms with Crippen LogP contribution in [-0.2, 0) is 11.2 Å². The Bertz CT molecular complexity index is 1040. The zero-order valence-electron chi connectivity index (χ0n) is 17.1. The summed E-state index contributed by atoms with van der Waals surface area (Å²) >= 11 is 1.45. The van der Waals surface area contributed by atoms with Crippen LogP contribution in [0.3, 0.4) is 0 Å². The number of rotatable bonds is 4. The highest BCUT2D eigenvalue weighted by atomic mass is 32.2. The lowest BCUT2D eigenvalue weighted by molar-refractivity contribution is -0.116. The number of amides is 1. The van der Waals surface area contributed by atoms with Crippen LogP contribution in [0.1, 0.15) is 41.0 Å². The summed E-state index contributed by atoms with van der Waals surface area (Å²) in [5.74, 6) is 0.812. The number of aromatic nitrogens is 3. The van der Waals surface area contributed by atoms with Gasteiger partial charge in [0.15, 0.2) is 5.82 Å². The van der Waals surface area contributed by atoms with E-state index in [2.05, 4.69) is 52.1 Å². The molecule has 1 aliphatic rings. The molecule has 0 saturated heterocycles. The van der Waals surface area contributed by atoms with Crippen molar-refractivity contribution in [1.82, 2.24) is 14.9 Å². The maximum absolute atomic E-state index is 13.3. The molecule has 0 spiro atoms. The van der Waals surface area contributed by atoms with Crippen LogP contribution < -0.4 is 10.7 Å². The van der Waals surface area contributed by atoms with Gasteiger partial charge in [-0.25, -0.2) is 4.68 Å². The molecular weight excluding hydrogens is 382 g/mol. The predicted octanol–water partition coefficient (Wildman–Crippen LogP) is 4.16. The summed E-state index contributed by atoms with van der Waals surface area (Å²) in [6.07, 6.45) is 0.764. The zero-order valence-corrected chi connectivity index (χ0v) is 17.9. The Morgan fingerprint density at radius 2 is 1.83 bits per heavy atom. The first-order valence-electron chi connectivity index (χ1n) is 9.78. The summed E-state index contributed by atoms with van der Waals surface area (Å²) in [6, 6.07) is 14.2. The lowest BCUT2D eigenvalue weighted by atomic mass is 10.0. The third-order valence-electron chi connectivity index (χ3n) is 5.17. The summed E-state index contributed by atoms with van der Waals surface area (Å²) in [5, 5.41) is 12.0. The van der Waals surface area contributed by atoms with Crippen LogP contribution in [0.4, 0.5) is 5.69 Å². The lowest BCUT2D eigenvalue weighted by Crippen LogP contribution is -2.41. The van der Waals surface area contributed by atoms with E-state index in [1.54, 1.807) is 0 Å². The number of carbonyl (C=O) groups is 1. The summed E-state index contributed by atoms with van der Waals surface area (Å²) in [6.45, 7) is 8.13. The van der Waals surface area contributed by atoms with Gasteiger partial charge >= 0.3 is 0 Å². The van der Waals surface area contributed by atoms with Crippen LogP contribution in [0.25, 0.3) is 0 Å². The van der Waals surface area contributed by atoms with Crippen LogP contribution in [0, 0.1) is 20.8 Å². The smallest absolute Gasteiger partial charge is 0.240 e. The van der Waals surface area contributed by atoms with E-state index in [9.17, 15) is 4.79 Å². The minimum Gasteiger partial charge on any atom is -0.325 e. The molecule has 2 aromatic carbocycles. The number of fused-ring (bicyclic) bond motifs is 1. The summed E-state index contributed by atoms with van der Waals surface area (Å²) in [7, 11) is 0. The normalized spacial score (nSPS) is 18.1. The largest absolute Gasteiger partial charge is 0.325 e. The van der Waals surface area contributed by atoms with Gasteiger partial charge in [-0.2, -0.15) is 0 Å². The van der Waals surface area contributed by atoms with E-state index in [1.807, 2.05) is 43.6 Å². The topological polar surface area (TPSA) is 71.8 Å². The molecule has 0 bridgehead atoms. The third kappa shape index (κ3) is 3.87. The minimum absolute atomic E-state index is 0.0472. The average molecular weight is 408 g/mol. The van der Waals surface area contributed by atoms with Crippen LogP contribution in [0.2, 0.25) is 0 Å². The number of nitrogens with one attached hydrogen (secondary N) is 2. The second kappa shape index (κ2) is 7.91. The minimum atomic E-state index is -0.376. The first-order chi connectivity index (χ1) is 14.0. The number of hydrogen-bond donors (Lipinski definition) is 2. The molecule has 0 saturated carbocycles. The second-order valence-electron chi connectivity index (χ2n) is 7.45. The molecule has 2 atom stereocenters. The summed E-state index contributed by atoms with van der Waals surface area (Å²) < 4.78 is 1.91. The molecule has 150 valence electrons. The molecule has 3 aromatic rings. The van der Waals surface area contributed by atoms with Gasteiger partial charge in [-0.3, -0.25) is 4.79 Å². The molecule has 2 heterocycles. The van der Waals surface area contributed by atoms with Crippen molar-refractivity contribution in [1.29, 1.82) is 0 Å². The predicted molar refractivity (Wildman–Crippen MR) is 117 cm³/mol. The number of benzene rings is 2. The molecular formula is C22H25N5OS. The highest BCUT2D eigenvalue weighted by Gasteiger charge is 2.37. The number of hydrogen-bond acceptors (Lipinski definition) is 5. The van der Waals surface area contributed by atoms with Crippen LogP contribution in [0.5, 0.6) is 0 Å². The van der Waals surface area contributed by atoms with Gasteiger partial charge in [-0.1, -0.05) is 60.6 Å². The maximum Gasteiger partial charge on any atom is 0.240 e. The molecule has 1 aromatic heterocycles. The Morgan fingerprint density at radius 1 is 1.10 bits per heavy atom. The van der Waals surface area contributed by atoms with Gasteiger partial charge in [0.1, 0.15) is 5.25 Å². The Kier molecular flexibility index (Phi) is 5.32. The fourth-order valence-corrected chi connectivity index (χ4v) is 4.52. The molecule has 1 aliphatic heterocycles. The van der Waals surface area contributed by atoms with Gasteiger partial charge in [0.05, 0.1) is 6.04 Å². The maximum atomic E-state index is 13.3. The molecule has 4 rings (SSSR count). The van der Waals surface area contributed by atoms with Crippen molar-refractivity contribution < 1.29 is 4.79 Å². The molecule has 0 aliphatic carbocycles. The average Bonchev–Trinajstić information content (AvgIpc) is 3.12. The third-order valence-corrected chi connectivity index (χ3v) is 6.38. The molecule has 6 nitrogen and oxygen atoms in total. The highest BCUT2D eigenvalue weighted by Crippen LogP contribution is 2.37. The molecule has 0 unspecified atom stereocenters. The molecule has 2 N–H and O–H groups in total. The monoisotopic (exact) mass is 407 g/mol. The number of nitrogens with zero attached hydrogens (tertiary/aromatic N) is 3. The van der Waals surface area contributed by atoms with Crippen molar-refractivity contribution in [2.24, 2.45) is 0 Å². The van der Waals surface area contributed by atoms with Crippen molar-refractivity contribution in [3.05, 3.63) is 70.5 Å². The molecule has 0 fully saturated rings. The van der Waals surface area contributed by atoms with Gasteiger partial charge in [0.2, 0.25) is 11.1 Å². The highest BCUT2D eigenvalue weighted by molar-refractivity contribution is 8.00. The molecule has 7 heteroatoms. The summed E-state index contributed by atoms with van der Waals surface area (Å²) in [5.41, 5.74) is 8.74. The molecule has 0 radical (unpaired) electrons. The second-order valence-corrected chi connectivity index (χ2v) is 8.56. The van der Waals surface area contributed by atoms with Crippen molar-refractivity contribution in [2.75, 3.05) is 10.7 Å². The van der Waals surface area contributed by atoms with E-state index in [4.69, 9.17) is 0 Å². The zero-order chi connectivity index (χ0) is 20.5. The quantitative estimate of drug-likeness (QED) is 0.679. The Labute approximate surface area is 175 Å². The van der Waals surface area contributed by atoms with Crippen LogP contribution in [0.15, 0.2) is 47.6 Å². The Balaban J connectivity index is 1.68.